The summed E-state index contributed by atoms with van der Waals surface area (Å²) in [6.07, 6.45) is 2.91. The molecule has 1 atom stereocenters. The maximum atomic E-state index is 12.8. The minimum Gasteiger partial charge on any atom is -0.452 e. The van der Waals surface area contributed by atoms with Crippen LogP contribution in [0.25, 0.3) is 6.08 Å². The molecule has 0 bridgehead atoms. The highest BCUT2D eigenvalue weighted by Gasteiger charge is 2.37. The number of carbonyl (C=O) groups is 2. The van der Waals surface area contributed by atoms with Gasteiger partial charge in [-0.2, -0.15) is 0 Å². The molecule has 0 amide bonds. The van der Waals surface area contributed by atoms with Gasteiger partial charge in [0.15, 0.2) is 5.76 Å². The number of hydrogen-bond donors (Lipinski definition) is 0. The molecule has 2 aromatic carbocycles. The summed E-state index contributed by atoms with van der Waals surface area (Å²) in [4.78, 5) is 24.7. The number of ketones is 1. The largest absolute Gasteiger partial charge is 0.452 e. The van der Waals surface area contributed by atoms with Gasteiger partial charge in [-0.05, 0) is 36.1 Å². The zero-order valence-corrected chi connectivity index (χ0v) is 14.8. The summed E-state index contributed by atoms with van der Waals surface area (Å²) < 4.78 is 11.4. The lowest BCUT2D eigenvalue weighted by molar-refractivity contribution is -0.136. The Hall–Kier alpha value is -2.88. The zero-order valence-electron chi connectivity index (χ0n) is 14.8. The van der Waals surface area contributed by atoms with E-state index in [1.807, 2.05) is 30.3 Å². The summed E-state index contributed by atoms with van der Waals surface area (Å²) in [7, 11) is 0. The minimum atomic E-state index is -0.229. The number of fused-ring (bicyclic) bond motifs is 3. The maximum absolute atomic E-state index is 12.8. The Morgan fingerprint density at radius 3 is 2.58 bits per heavy atom. The van der Waals surface area contributed by atoms with E-state index in [2.05, 4.69) is 13.8 Å². The number of allylic oxidation sites excluding steroid dienone is 1. The van der Waals surface area contributed by atoms with Crippen LogP contribution in [0, 0.1) is 5.92 Å². The van der Waals surface area contributed by atoms with Crippen LogP contribution < -0.4 is 9.47 Å². The average Bonchev–Trinajstić information content (AvgIpc) is 2.91. The predicted octanol–water partition coefficient (Wildman–Crippen LogP) is 4.74. The van der Waals surface area contributed by atoms with Crippen LogP contribution in [0.1, 0.15) is 54.1 Å². The molecule has 4 rings (SSSR count). The third kappa shape index (κ3) is 2.92. The van der Waals surface area contributed by atoms with Crippen LogP contribution in [0.15, 0.2) is 48.2 Å². The van der Waals surface area contributed by atoms with E-state index in [4.69, 9.17) is 9.47 Å². The van der Waals surface area contributed by atoms with Crippen LogP contribution in [-0.2, 0) is 4.79 Å². The molecule has 26 heavy (non-hydrogen) atoms. The summed E-state index contributed by atoms with van der Waals surface area (Å²) in [5.41, 5.74) is 2.29. The fourth-order valence-electron chi connectivity index (χ4n) is 3.67. The average molecular weight is 348 g/mol. The van der Waals surface area contributed by atoms with Gasteiger partial charge in [0.25, 0.3) is 0 Å². The van der Waals surface area contributed by atoms with Gasteiger partial charge in [-0.1, -0.05) is 44.2 Å². The van der Waals surface area contributed by atoms with Crippen molar-refractivity contribution in [2.45, 2.75) is 32.6 Å². The van der Waals surface area contributed by atoms with Crippen molar-refractivity contribution in [2.24, 2.45) is 5.92 Å². The molecule has 0 saturated carbocycles. The molecular weight excluding hydrogens is 328 g/mol. The first-order valence-corrected chi connectivity index (χ1v) is 8.90. The van der Waals surface area contributed by atoms with Crippen molar-refractivity contribution in [3.63, 3.8) is 0 Å². The third-order valence-electron chi connectivity index (χ3n) is 4.73. The van der Waals surface area contributed by atoms with Gasteiger partial charge in [-0.15, -0.1) is 0 Å². The van der Waals surface area contributed by atoms with Crippen LogP contribution in [0.5, 0.6) is 11.5 Å². The lowest BCUT2D eigenvalue weighted by atomic mass is 9.84. The molecule has 2 heterocycles. The fraction of sp³-hybridized carbons (Fsp3) is 0.273. The molecular formula is C22H20O4. The van der Waals surface area contributed by atoms with E-state index in [0.29, 0.717) is 35.2 Å². The first-order valence-electron chi connectivity index (χ1n) is 8.90. The number of rotatable bonds is 3. The van der Waals surface area contributed by atoms with Gasteiger partial charge in [0.1, 0.15) is 11.5 Å². The first-order chi connectivity index (χ1) is 12.5. The van der Waals surface area contributed by atoms with Crippen LogP contribution in [0.3, 0.4) is 0 Å². The second kappa shape index (κ2) is 6.45. The standard InChI is InChI=1S/C22H20O4/c1-13(2)10-15-12-19(23)25-17-9-8-16-21(24)18(26-22(16)20(15)17)11-14-6-4-3-5-7-14/h3-9,11,13,15H,10,12H2,1-2H3/b18-11-/t15-/m0/s1. The van der Waals surface area contributed by atoms with Crippen LogP contribution in [-0.4, -0.2) is 11.8 Å². The molecule has 4 heteroatoms. The summed E-state index contributed by atoms with van der Waals surface area (Å²) >= 11 is 0. The smallest absolute Gasteiger partial charge is 0.311 e. The fourth-order valence-corrected chi connectivity index (χ4v) is 3.67. The number of esters is 1. The number of Topliss-reactive ketones (excluding diaryl/α,β-unsaturated/α-hetero) is 1. The molecule has 0 saturated heterocycles. The third-order valence-corrected chi connectivity index (χ3v) is 4.73. The normalized spacial score (nSPS) is 20.0. The summed E-state index contributed by atoms with van der Waals surface area (Å²) in [6.45, 7) is 4.24. The van der Waals surface area contributed by atoms with Crippen molar-refractivity contribution in [1.82, 2.24) is 0 Å². The van der Waals surface area contributed by atoms with E-state index in [0.717, 1.165) is 17.5 Å². The van der Waals surface area contributed by atoms with Gasteiger partial charge in [0.2, 0.25) is 5.78 Å². The highest BCUT2D eigenvalue weighted by molar-refractivity contribution is 6.15. The summed E-state index contributed by atoms with van der Waals surface area (Å²) in [5, 5.41) is 0. The van der Waals surface area contributed by atoms with E-state index in [1.165, 1.54) is 0 Å². The van der Waals surface area contributed by atoms with Crippen molar-refractivity contribution in [2.75, 3.05) is 0 Å². The van der Waals surface area contributed by atoms with Crippen LogP contribution in [0.4, 0.5) is 0 Å². The molecule has 0 unspecified atom stereocenters. The van der Waals surface area contributed by atoms with E-state index in [9.17, 15) is 9.59 Å². The van der Waals surface area contributed by atoms with Gasteiger partial charge < -0.3 is 9.47 Å². The molecule has 0 fully saturated rings. The zero-order chi connectivity index (χ0) is 18.3. The number of benzene rings is 2. The first kappa shape index (κ1) is 16.6. The number of hydrogen-bond acceptors (Lipinski definition) is 4. The molecule has 0 spiro atoms. The Labute approximate surface area is 152 Å². The van der Waals surface area contributed by atoms with Crippen molar-refractivity contribution >= 4 is 17.8 Å². The lowest BCUT2D eigenvalue weighted by Gasteiger charge is -2.27. The Kier molecular flexibility index (Phi) is 4.11. The molecule has 2 aliphatic rings. The Morgan fingerprint density at radius 1 is 1.08 bits per heavy atom. The topological polar surface area (TPSA) is 52.6 Å². The molecule has 2 aliphatic heterocycles. The second-order valence-corrected chi connectivity index (χ2v) is 7.21. The summed E-state index contributed by atoms with van der Waals surface area (Å²) in [5.74, 6) is 1.43. The lowest BCUT2D eigenvalue weighted by Crippen LogP contribution is -2.21. The SMILES string of the molecule is CC(C)C[C@H]1CC(=O)Oc2ccc3c(c21)O/C(=C\c1ccccc1)C3=O. The molecule has 0 N–H and O–H groups in total. The Bertz CT molecular complexity index is 909. The number of ether oxygens (including phenoxy) is 2. The molecule has 4 nitrogen and oxygen atoms in total. The van der Waals surface area contributed by atoms with Gasteiger partial charge in [-0.3, -0.25) is 9.59 Å². The molecule has 0 aliphatic carbocycles. The van der Waals surface area contributed by atoms with Crippen LogP contribution >= 0.6 is 0 Å². The highest BCUT2D eigenvalue weighted by atomic mass is 16.5. The highest BCUT2D eigenvalue weighted by Crippen LogP contribution is 2.48. The molecule has 0 radical (unpaired) electrons. The monoisotopic (exact) mass is 348 g/mol. The maximum Gasteiger partial charge on any atom is 0.311 e. The summed E-state index contributed by atoms with van der Waals surface area (Å²) in [6, 6.07) is 13.0. The van der Waals surface area contributed by atoms with Crippen molar-refractivity contribution in [1.29, 1.82) is 0 Å². The molecule has 0 aromatic heterocycles. The quantitative estimate of drug-likeness (QED) is 0.457. The molecule has 2 aromatic rings. The van der Waals surface area contributed by atoms with Crippen molar-refractivity contribution < 1.29 is 19.1 Å². The van der Waals surface area contributed by atoms with E-state index in [-0.39, 0.29) is 17.7 Å². The van der Waals surface area contributed by atoms with Gasteiger partial charge in [0.05, 0.1) is 12.0 Å². The van der Waals surface area contributed by atoms with E-state index < -0.39 is 0 Å². The molecule has 132 valence electrons. The predicted molar refractivity (Wildman–Crippen MR) is 98.3 cm³/mol. The van der Waals surface area contributed by atoms with Gasteiger partial charge >= 0.3 is 5.97 Å². The van der Waals surface area contributed by atoms with Crippen molar-refractivity contribution in [3.05, 3.63) is 64.9 Å². The Morgan fingerprint density at radius 2 is 1.85 bits per heavy atom. The Balaban J connectivity index is 1.77. The van der Waals surface area contributed by atoms with Crippen LogP contribution in [0.2, 0.25) is 0 Å². The van der Waals surface area contributed by atoms with Crippen molar-refractivity contribution in [3.8, 4) is 11.5 Å². The van der Waals surface area contributed by atoms with Gasteiger partial charge in [-0.25, -0.2) is 0 Å². The van der Waals surface area contributed by atoms with Gasteiger partial charge in [0, 0.05) is 11.5 Å². The van der Waals surface area contributed by atoms with E-state index >= 15 is 0 Å². The minimum absolute atomic E-state index is 0.00470. The second-order valence-electron chi connectivity index (χ2n) is 7.21. The van der Waals surface area contributed by atoms with E-state index in [1.54, 1.807) is 18.2 Å². The number of carbonyl (C=O) groups excluding carboxylic acids is 2.